The van der Waals surface area contributed by atoms with Crippen molar-refractivity contribution >= 4 is 0 Å². The average Bonchev–Trinajstić information content (AvgIpc) is 2.42. The molecule has 1 saturated carbocycles. The van der Waals surface area contributed by atoms with E-state index in [1.807, 2.05) is 0 Å². The highest BCUT2D eigenvalue weighted by Crippen LogP contribution is 2.48. The van der Waals surface area contributed by atoms with Crippen LogP contribution in [0, 0.1) is 5.41 Å². The van der Waals surface area contributed by atoms with Crippen molar-refractivity contribution in [3.63, 3.8) is 0 Å². The predicted molar refractivity (Wildman–Crippen MR) is 85.6 cm³/mol. The Morgan fingerprint density at radius 2 is 1.10 bits per heavy atom. The van der Waals surface area contributed by atoms with Gasteiger partial charge in [-0.2, -0.15) is 0 Å². The lowest BCUT2D eigenvalue weighted by molar-refractivity contribution is 0.302. The Morgan fingerprint density at radius 1 is 0.700 bits per heavy atom. The largest absolute Gasteiger partial charge is 0.509 e. The quantitative estimate of drug-likeness (QED) is 0.508. The lowest BCUT2D eigenvalue weighted by atomic mass is 9.65. The molecule has 0 unspecified atom stereocenters. The second-order valence-corrected chi connectivity index (χ2v) is 5.34. The third kappa shape index (κ3) is 4.02. The lowest BCUT2D eigenvalue weighted by Crippen LogP contribution is -2.27. The standard InChI is InChI=1S/C18H24O2/c1-14(8-10-16(3)19)18(12-6-5-7-13-18)15(2)9-11-17(4)20/h8-11,19-20H,1-7,12-13H2/b10-8-,11-9-. The van der Waals surface area contributed by atoms with Gasteiger partial charge in [-0.15, -0.1) is 0 Å². The van der Waals surface area contributed by atoms with Gasteiger partial charge < -0.3 is 10.2 Å². The summed E-state index contributed by atoms with van der Waals surface area (Å²) in [6, 6.07) is 0. The van der Waals surface area contributed by atoms with E-state index in [1.54, 1.807) is 24.3 Å². The minimum Gasteiger partial charge on any atom is -0.509 e. The lowest BCUT2D eigenvalue weighted by Gasteiger charge is -2.39. The zero-order valence-electron chi connectivity index (χ0n) is 12.1. The van der Waals surface area contributed by atoms with Crippen molar-refractivity contribution in [3.8, 4) is 0 Å². The third-order valence-corrected chi connectivity index (χ3v) is 3.89. The smallest absolute Gasteiger partial charge is 0.108 e. The average molecular weight is 272 g/mol. The van der Waals surface area contributed by atoms with E-state index in [9.17, 15) is 10.2 Å². The van der Waals surface area contributed by atoms with E-state index in [0.29, 0.717) is 0 Å². The molecule has 0 amide bonds. The summed E-state index contributed by atoms with van der Waals surface area (Å²) < 4.78 is 0. The van der Waals surface area contributed by atoms with Gasteiger partial charge in [-0.3, -0.25) is 0 Å². The molecule has 0 atom stereocenters. The van der Waals surface area contributed by atoms with Crippen LogP contribution >= 0.6 is 0 Å². The van der Waals surface area contributed by atoms with E-state index < -0.39 is 0 Å². The molecule has 0 heterocycles. The number of aliphatic hydroxyl groups excluding tert-OH is 2. The molecule has 1 rings (SSSR count). The monoisotopic (exact) mass is 272 g/mol. The first-order valence-electron chi connectivity index (χ1n) is 6.89. The van der Waals surface area contributed by atoms with Crippen molar-refractivity contribution < 1.29 is 10.2 Å². The second-order valence-electron chi connectivity index (χ2n) is 5.34. The van der Waals surface area contributed by atoms with Crippen LogP contribution in [-0.2, 0) is 0 Å². The molecule has 1 aliphatic carbocycles. The molecule has 1 aliphatic rings. The summed E-state index contributed by atoms with van der Waals surface area (Å²) in [7, 11) is 0. The van der Waals surface area contributed by atoms with Crippen LogP contribution in [-0.4, -0.2) is 10.2 Å². The van der Waals surface area contributed by atoms with Crippen molar-refractivity contribution in [1.29, 1.82) is 0 Å². The Bertz CT molecular complexity index is 434. The zero-order chi connectivity index (χ0) is 15.2. The van der Waals surface area contributed by atoms with Crippen LogP contribution in [0.5, 0.6) is 0 Å². The van der Waals surface area contributed by atoms with E-state index in [2.05, 4.69) is 26.3 Å². The summed E-state index contributed by atoms with van der Waals surface area (Å²) in [5, 5.41) is 18.4. The number of aliphatic hydroxyl groups is 2. The van der Waals surface area contributed by atoms with Crippen molar-refractivity contribution in [2.75, 3.05) is 0 Å². The Morgan fingerprint density at radius 3 is 1.45 bits per heavy atom. The van der Waals surface area contributed by atoms with Crippen LogP contribution in [0.4, 0.5) is 0 Å². The van der Waals surface area contributed by atoms with Gasteiger partial charge in [0.2, 0.25) is 0 Å². The van der Waals surface area contributed by atoms with Crippen molar-refractivity contribution in [2.45, 2.75) is 32.1 Å². The van der Waals surface area contributed by atoms with Crippen molar-refractivity contribution in [1.82, 2.24) is 0 Å². The van der Waals surface area contributed by atoms with Gasteiger partial charge in [0.05, 0.1) is 0 Å². The molecule has 1 fully saturated rings. The fraction of sp³-hybridized carbons (Fsp3) is 0.333. The Labute approximate surface area is 121 Å². The molecule has 0 bridgehead atoms. The maximum absolute atomic E-state index is 9.19. The van der Waals surface area contributed by atoms with E-state index in [1.165, 1.54) is 6.42 Å². The summed E-state index contributed by atoms with van der Waals surface area (Å²) in [6.45, 7) is 15.2. The Hall–Kier alpha value is -1.96. The van der Waals surface area contributed by atoms with Crippen LogP contribution in [0.3, 0.4) is 0 Å². The minimum absolute atomic E-state index is 0.0157. The molecule has 2 heteroatoms. The summed E-state index contributed by atoms with van der Waals surface area (Å²) in [4.78, 5) is 0. The van der Waals surface area contributed by atoms with E-state index in [-0.39, 0.29) is 16.9 Å². The van der Waals surface area contributed by atoms with Crippen LogP contribution in [0.1, 0.15) is 32.1 Å². The molecule has 0 aromatic rings. The van der Waals surface area contributed by atoms with E-state index in [0.717, 1.165) is 36.8 Å². The number of hydrogen-bond donors (Lipinski definition) is 2. The van der Waals surface area contributed by atoms with Crippen LogP contribution in [0.2, 0.25) is 0 Å². The molecular weight excluding hydrogens is 248 g/mol. The predicted octanol–water partition coefficient (Wildman–Crippen LogP) is 5.31. The fourth-order valence-corrected chi connectivity index (χ4v) is 2.72. The topological polar surface area (TPSA) is 40.5 Å². The van der Waals surface area contributed by atoms with Gasteiger partial charge >= 0.3 is 0 Å². The zero-order valence-corrected chi connectivity index (χ0v) is 12.1. The van der Waals surface area contributed by atoms with Crippen molar-refractivity contribution in [3.05, 3.63) is 73.3 Å². The molecule has 0 radical (unpaired) electrons. The van der Waals surface area contributed by atoms with Crippen LogP contribution in [0.15, 0.2) is 73.3 Å². The SMILES string of the molecule is C=C(O)/C=C\C(=C)C1(C(=C)/C=C\C(=C)O)CCCCC1. The summed E-state index contributed by atoms with van der Waals surface area (Å²) in [6.07, 6.45) is 12.2. The highest BCUT2D eigenvalue weighted by molar-refractivity contribution is 5.41. The molecule has 108 valence electrons. The number of hydrogen-bond acceptors (Lipinski definition) is 2. The highest BCUT2D eigenvalue weighted by Gasteiger charge is 2.35. The molecular formula is C18H24O2. The first kappa shape index (κ1) is 16.1. The van der Waals surface area contributed by atoms with Crippen LogP contribution < -0.4 is 0 Å². The fourth-order valence-electron chi connectivity index (χ4n) is 2.72. The van der Waals surface area contributed by atoms with Crippen LogP contribution in [0.25, 0.3) is 0 Å². The first-order valence-corrected chi connectivity index (χ1v) is 6.89. The molecule has 20 heavy (non-hydrogen) atoms. The first-order chi connectivity index (χ1) is 9.38. The number of allylic oxidation sites excluding steroid dienone is 6. The van der Waals surface area contributed by atoms with E-state index >= 15 is 0 Å². The molecule has 2 N–H and O–H groups in total. The van der Waals surface area contributed by atoms with Gasteiger partial charge in [-0.05, 0) is 36.1 Å². The van der Waals surface area contributed by atoms with E-state index in [4.69, 9.17) is 0 Å². The maximum atomic E-state index is 9.19. The molecule has 0 aliphatic heterocycles. The number of rotatable bonds is 6. The normalized spacial score (nSPS) is 18.2. The maximum Gasteiger partial charge on any atom is 0.108 e. The molecule has 0 spiro atoms. The van der Waals surface area contributed by atoms with Crippen molar-refractivity contribution in [2.24, 2.45) is 5.41 Å². The van der Waals surface area contributed by atoms with Gasteiger partial charge in [0.15, 0.2) is 0 Å². The molecule has 2 nitrogen and oxygen atoms in total. The summed E-state index contributed by atoms with van der Waals surface area (Å²) in [5.74, 6) is 0.0315. The van der Waals surface area contributed by atoms with Gasteiger partial charge in [-0.1, -0.05) is 57.7 Å². The Balaban J connectivity index is 3.02. The molecule has 0 aromatic heterocycles. The van der Waals surface area contributed by atoms with Gasteiger partial charge in [-0.25, -0.2) is 0 Å². The molecule has 0 saturated heterocycles. The van der Waals surface area contributed by atoms with Gasteiger partial charge in [0, 0.05) is 5.41 Å². The molecule has 0 aromatic carbocycles. The third-order valence-electron chi connectivity index (χ3n) is 3.89. The summed E-state index contributed by atoms with van der Waals surface area (Å²) >= 11 is 0. The van der Waals surface area contributed by atoms with Gasteiger partial charge in [0.25, 0.3) is 0 Å². The Kier molecular flexibility index (Phi) is 5.63. The summed E-state index contributed by atoms with van der Waals surface area (Å²) in [5.41, 5.74) is 1.65. The minimum atomic E-state index is -0.198. The van der Waals surface area contributed by atoms with Gasteiger partial charge in [0.1, 0.15) is 11.5 Å². The highest BCUT2D eigenvalue weighted by atomic mass is 16.3. The second kappa shape index (κ2) is 6.99.